The van der Waals surface area contributed by atoms with E-state index in [0.717, 1.165) is 16.9 Å². The van der Waals surface area contributed by atoms with Crippen molar-refractivity contribution in [2.75, 3.05) is 0 Å². The van der Waals surface area contributed by atoms with Crippen LogP contribution in [0.15, 0.2) is 17.1 Å². The van der Waals surface area contributed by atoms with Crippen LogP contribution in [0.4, 0.5) is 0 Å². The molecule has 0 saturated heterocycles. The number of hydrogen-bond acceptors (Lipinski definition) is 1. The molecule has 0 aromatic carbocycles. The summed E-state index contributed by atoms with van der Waals surface area (Å²) in [5, 5.41) is 1.83. The Morgan fingerprint density at radius 1 is 1.54 bits per heavy atom. The van der Waals surface area contributed by atoms with Gasteiger partial charge in [0.05, 0.1) is 0 Å². The molecule has 1 aromatic rings. The molecule has 0 aliphatic carbocycles. The van der Waals surface area contributed by atoms with E-state index in [9.17, 15) is 4.79 Å². The van der Waals surface area contributed by atoms with E-state index in [1.54, 1.807) is 17.8 Å². The van der Waals surface area contributed by atoms with Gasteiger partial charge in [0.1, 0.15) is 0 Å². The highest BCUT2D eigenvalue weighted by Gasteiger charge is 1.92. The Balaban J connectivity index is 3.70. The second-order valence-electron chi connectivity index (χ2n) is 3.00. The lowest BCUT2D eigenvalue weighted by Crippen LogP contribution is -2.43. The van der Waals surface area contributed by atoms with Gasteiger partial charge in [-0.15, -0.1) is 0 Å². The summed E-state index contributed by atoms with van der Waals surface area (Å²) in [5.41, 5.74) is 0.0738. The molecule has 0 atom stereocenters. The van der Waals surface area contributed by atoms with Crippen molar-refractivity contribution in [2.24, 2.45) is 7.05 Å². The first-order valence-corrected chi connectivity index (χ1v) is 4.53. The minimum atomic E-state index is 0.0738. The summed E-state index contributed by atoms with van der Waals surface area (Å²) in [6.07, 6.45) is 6.69. The van der Waals surface area contributed by atoms with Gasteiger partial charge in [0.15, 0.2) is 0 Å². The summed E-state index contributed by atoms with van der Waals surface area (Å²) in [4.78, 5) is 11.6. The van der Waals surface area contributed by atoms with E-state index in [1.165, 1.54) is 0 Å². The van der Waals surface area contributed by atoms with E-state index in [4.69, 9.17) is 0 Å². The highest BCUT2D eigenvalue weighted by Crippen LogP contribution is 1.73. The zero-order chi connectivity index (χ0) is 9.84. The molecule has 0 fully saturated rings. The Labute approximate surface area is 77.8 Å². The second kappa shape index (κ2) is 4.08. The average molecular weight is 177 g/mol. The molecule has 0 amide bonds. The van der Waals surface area contributed by atoms with Crippen LogP contribution in [0.3, 0.4) is 0 Å². The molecular formula is C11H15NO. The van der Waals surface area contributed by atoms with Crippen LogP contribution in [0.5, 0.6) is 0 Å². The summed E-state index contributed by atoms with van der Waals surface area (Å²) < 4.78 is 1.60. The third-order valence-electron chi connectivity index (χ3n) is 2.05. The standard InChI is InChI=1S/C11H15NO/c1-4-6-9-7-8-12(3)11(13)10(9)5-2/h5-8H,4H2,1-3H3/b9-6-,10-5+. The molecule has 0 aliphatic rings. The van der Waals surface area contributed by atoms with Gasteiger partial charge in [-0.1, -0.05) is 19.1 Å². The van der Waals surface area contributed by atoms with E-state index in [1.807, 2.05) is 19.1 Å². The fourth-order valence-corrected chi connectivity index (χ4v) is 1.35. The van der Waals surface area contributed by atoms with Crippen LogP contribution in [0.25, 0.3) is 12.2 Å². The lowest BCUT2D eigenvalue weighted by Gasteiger charge is -1.96. The van der Waals surface area contributed by atoms with Crippen LogP contribution >= 0.6 is 0 Å². The molecule has 0 radical (unpaired) electrons. The summed E-state index contributed by atoms with van der Waals surface area (Å²) in [7, 11) is 1.77. The molecule has 0 saturated carbocycles. The first kappa shape index (κ1) is 9.78. The maximum Gasteiger partial charge on any atom is 0.257 e. The smallest absolute Gasteiger partial charge is 0.257 e. The minimum Gasteiger partial charge on any atom is -0.318 e. The predicted molar refractivity (Wildman–Crippen MR) is 55.8 cm³/mol. The Hall–Kier alpha value is -1.31. The number of nitrogens with zero attached hydrogens (tertiary/aromatic N) is 1. The SMILES string of the molecule is C/C=c1/c(=O)n(C)cc/c1=C/CC. The first-order valence-electron chi connectivity index (χ1n) is 4.53. The summed E-state index contributed by atoms with van der Waals surface area (Å²) in [6.45, 7) is 3.96. The van der Waals surface area contributed by atoms with E-state index < -0.39 is 0 Å². The van der Waals surface area contributed by atoms with E-state index >= 15 is 0 Å². The largest absolute Gasteiger partial charge is 0.318 e. The van der Waals surface area contributed by atoms with Gasteiger partial charge in [-0.2, -0.15) is 0 Å². The van der Waals surface area contributed by atoms with Gasteiger partial charge in [-0.05, 0) is 24.6 Å². The number of hydrogen-bond donors (Lipinski definition) is 0. The zero-order valence-corrected chi connectivity index (χ0v) is 8.37. The molecule has 0 bridgehead atoms. The summed E-state index contributed by atoms with van der Waals surface area (Å²) >= 11 is 0. The van der Waals surface area contributed by atoms with Gasteiger partial charge in [-0.3, -0.25) is 4.79 Å². The van der Waals surface area contributed by atoms with E-state index in [2.05, 4.69) is 13.0 Å². The van der Waals surface area contributed by atoms with Crippen LogP contribution in [-0.4, -0.2) is 4.57 Å². The molecule has 1 heterocycles. The van der Waals surface area contributed by atoms with Crippen molar-refractivity contribution in [3.05, 3.63) is 33.1 Å². The average Bonchev–Trinajstić information content (AvgIpc) is 2.12. The molecule has 2 heteroatoms. The van der Waals surface area contributed by atoms with Crippen molar-refractivity contribution in [3.63, 3.8) is 0 Å². The molecule has 1 rings (SSSR count). The summed E-state index contributed by atoms with van der Waals surface area (Å²) in [6, 6.07) is 1.97. The highest BCUT2D eigenvalue weighted by atomic mass is 16.1. The normalized spacial score (nSPS) is 13.8. The molecule has 70 valence electrons. The number of pyridine rings is 1. The van der Waals surface area contributed by atoms with E-state index in [0.29, 0.717) is 0 Å². The van der Waals surface area contributed by atoms with Crippen molar-refractivity contribution in [1.29, 1.82) is 0 Å². The van der Waals surface area contributed by atoms with E-state index in [-0.39, 0.29) is 5.56 Å². The topological polar surface area (TPSA) is 22.0 Å². The lowest BCUT2D eigenvalue weighted by atomic mass is 10.2. The van der Waals surface area contributed by atoms with Crippen LogP contribution < -0.4 is 16.0 Å². The fraction of sp³-hybridized carbons (Fsp3) is 0.364. The molecule has 2 nitrogen and oxygen atoms in total. The predicted octanol–water partition coefficient (Wildman–Crippen LogP) is 0.376. The lowest BCUT2D eigenvalue weighted by molar-refractivity contribution is 0.846. The molecule has 0 spiro atoms. The maximum atomic E-state index is 11.6. The molecule has 0 unspecified atom stereocenters. The second-order valence-corrected chi connectivity index (χ2v) is 3.00. The quantitative estimate of drug-likeness (QED) is 0.607. The number of aromatic nitrogens is 1. The minimum absolute atomic E-state index is 0.0738. The molecular weight excluding hydrogens is 162 g/mol. The van der Waals surface area contributed by atoms with Crippen LogP contribution in [-0.2, 0) is 7.05 Å². The van der Waals surface area contributed by atoms with Crippen LogP contribution in [0.2, 0.25) is 0 Å². The Bertz CT molecular complexity index is 454. The third-order valence-corrected chi connectivity index (χ3v) is 2.05. The molecule has 0 N–H and O–H groups in total. The maximum absolute atomic E-state index is 11.6. The van der Waals surface area contributed by atoms with Gasteiger partial charge in [0, 0.05) is 18.5 Å². The van der Waals surface area contributed by atoms with Crippen molar-refractivity contribution in [3.8, 4) is 0 Å². The summed E-state index contributed by atoms with van der Waals surface area (Å²) in [5.74, 6) is 0. The van der Waals surface area contributed by atoms with Gasteiger partial charge < -0.3 is 4.57 Å². The fourth-order valence-electron chi connectivity index (χ4n) is 1.35. The Morgan fingerprint density at radius 2 is 2.23 bits per heavy atom. The Morgan fingerprint density at radius 3 is 2.77 bits per heavy atom. The number of aryl methyl sites for hydroxylation is 1. The van der Waals surface area contributed by atoms with Crippen LogP contribution in [0.1, 0.15) is 20.3 Å². The van der Waals surface area contributed by atoms with Gasteiger partial charge in [0.25, 0.3) is 5.56 Å². The van der Waals surface area contributed by atoms with Crippen molar-refractivity contribution >= 4 is 12.2 Å². The Kier molecular flexibility index (Phi) is 3.07. The van der Waals surface area contributed by atoms with Crippen molar-refractivity contribution in [2.45, 2.75) is 20.3 Å². The first-order chi connectivity index (χ1) is 6.20. The van der Waals surface area contributed by atoms with Gasteiger partial charge in [0.2, 0.25) is 0 Å². The molecule has 0 aliphatic heterocycles. The van der Waals surface area contributed by atoms with Gasteiger partial charge in [-0.25, -0.2) is 0 Å². The third kappa shape index (κ3) is 1.89. The van der Waals surface area contributed by atoms with Crippen molar-refractivity contribution in [1.82, 2.24) is 4.57 Å². The van der Waals surface area contributed by atoms with Crippen LogP contribution in [0, 0.1) is 0 Å². The molecule has 13 heavy (non-hydrogen) atoms. The zero-order valence-electron chi connectivity index (χ0n) is 8.37. The molecule has 1 aromatic heterocycles. The highest BCUT2D eigenvalue weighted by molar-refractivity contribution is 5.28. The van der Waals surface area contributed by atoms with Crippen molar-refractivity contribution < 1.29 is 0 Å². The van der Waals surface area contributed by atoms with Gasteiger partial charge >= 0.3 is 0 Å². The monoisotopic (exact) mass is 177 g/mol. The number of rotatable bonds is 1.